The lowest BCUT2D eigenvalue weighted by Crippen LogP contribution is -2.08. The number of ether oxygens (including phenoxy) is 2. The van der Waals surface area contributed by atoms with Gasteiger partial charge < -0.3 is 9.47 Å². The van der Waals surface area contributed by atoms with Crippen molar-refractivity contribution < 1.29 is 9.47 Å². The predicted octanol–water partition coefficient (Wildman–Crippen LogP) is 3.92. The first kappa shape index (κ1) is 18.9. The highest BCUT2D eigenvalue weighted by molar-refractivity contribution is 5.40. The quantitative estimate of drug-likeness (QED) is 0.634. The zero-order valence-corrected chi connectivity index (χ0v) is 16.6. The number of methoxy groups -OCH3 is 1. The van der Waals surface area contributed by atoms with Gasteiger partial charge in [-0.2, -0.15) is 4.68 Å². The summed E-state index contributed by atoms with van der Waals surface area (Å²) in [6.07, 6.45) is 5.34. The number of aromatic nitrogens is 4. The number of rotatable bonds is 7. The highest BCUT2D eigenvalue weighted by atomic mass is 16.5. The van der Waals surface area contributed by atoms with Crippen LogP contribution in [0, 0.1) is 6.92 Å². The van der Waals surface area contributed by atoms with E-state index in [2.05, 4.69) is 34.1 Å². The Morgan fingerprint density at radius 3 is 2.26 bits per heavy atom. The fourth-order valence-electron chi connectivity index (χ4n) is 2.81. The van der Waals surface area contributed by atoms with Gasteiger partial charge in [0.2, 0.25) is 5.88 Å². The molecule has 0 saturated heterocycles. The van der Waals surface area contributed by atoms with Crippen molar-refractivity contribution in [3.8, 4) is 17.6 Å². The van der Waals surface area contributed by atoms with Gasteiger partial charge in [0.15, 0.2) is 0 Å². The van der Waals surface area contributed by atoms with E-state index in [1.807, 2.05) is 45.3 Å². The maximum atomic E-state index is 5.98. The van der Waals surface area contributed by atoms with E-state index >= 15 is 0 Å². The molecule has 0 fully saturated rings. The molecule has 2 heterocycles. The van der Waals surface area contributed by atoms with Crippen LogP contribution < -0.4 is 9.47 Å². The summed E-state index contributed by atoms with van der Waals surface area (Å²) in [6.45, 7) is 8.10. The van der Waals surface area contributed by atoms with Gasteiger partial charge in [0.1, 0.15) is 5.75 Å². The summed E-state index contributed by atoms with van der Waals surface area (Å²) < 4.78 is 13.0. The Kier molecular flexibility index (Phi) is 5.74. The molecule has 0 unspecified atom stereocenters. The van der Waals surface area contributed by atoms with Crippen LogP contribution in [0.2, 0.25) is 0 Å². The standard InChI is InChI=1S/C21H26N4O2/c1-6-16-12-22-21(23-13-16)25-15(4)19(20(24-25)27-14(2)3)11-17-7-9-18(26-5)10-8-17/h7-10,12-14H,6,11H2,1-5H3. The summed E-state index contributed by atoms with van der Waals surface area (Å²) in [4.78, 5) is 8.92. The van der Waals surface area contributed by atoms with Crippen LogP contribution in [-0.4, -0.2) is 33.0 Å². The molecule has 0 aliphatic carbocycles. The lowest BCUT2D eigenvalue weighted by Gasteiger charge is -2.09. The number of aryl methyl sites for hydroxylation is 1. The van der Waals surface area contributed by atoms with Crippen molar-refractivity contribution in [2.45, 2.75) is 46.6 Å². The minimum absolute atomic E-state index is 0.0331. The fourth-order valence-corrected chi connectivity index (χ4v) is 2.81. The van der Waals surface area contributed by atoms with Crippen LogP contribution in [0.5, 0.6) is 11.6 Å². The van der Waals surface area contributed by atoms with Crippen LogP contribution in [0.3, 0.4) is 0 Å². The molecule has 6 heteroatoms. The lowest BCUT2D eigenvalue weighted by molar-refractivity contribution is 0.229. The van der Waals surface area contributed by atoms with E-state index in [-0.39, 0.29) is 6.10 Å². The van der Waals surface area contributed by atoms with Crippen molar-refractivity contribution in [1.82, 2.24) is 19.7 Å². The zero-order valence-electron chi connectivity index (χ0n) is 16.6. The first-order chi connectivity index (χ1) is 13.0. The van der Waals surface area contributed by atoms with Gasteiger partial charge in [-0.15, -0.1) is 5.10 Å². The number of hydrogen-bond donors (Lipinski definition) is 0. The Morgan fingerprint density at radius 2 is 1.70 bits per heavy atom. The van der Waals surface area contributed by atoms with Gasteiger partial charge in [-0.25, -0.2) is 9.97 Å². The zero-order chi connectivity index (χ0) is 19.4. The second-order valence-corrected chi connectivity index (χ2v) is 6.72. The third-order valence-electron chi connectivity index (χ3n) is 4.38. The minimum Gasteiger partial charge on any atom is -0.497 e. The van der Waals surface area contributed by atoms with Crippen molar-refractivity contribution in [3.63, 3.8) is 0 Å². The third kappa shape index (κ3) is 4.27. The van der Waals surface area contributed by atoms with Gasteiger partial charge in [0.25, 0.3) is 5.95 Å². The normalized spacial score (nSPS) is 11.0. The number of hydrogen-bond acceptors (Lipinski definition) is 5. The van der Waals surface area contributed by atoms with Crippen LogP contribution in [0.1, 0.15) is 43.2 Å². The van der Waals surface area contributed by atoms with Gasteiger partial charge in [-0.05, 0) is 50.5 Å². The Bertz CT molecular complexity index is 884. The number of benzene rings is 1. The van der Waals surface area contributed by atoms with Gasteiger partial charge in [-0.3, -0.25) is 0 Å². The molecule has 0 radical (unpaired) electrons. The van der Waals surface area contributed by atoms with E-state index in [1.165, 1.54) is 0 Å². The maximum Gasteiger partial charge on any atom is 0.250 e. The van der Waals surface area contributed by atoms with E-state index < -0.39 is 0 Å². The SMILES string of the molecule is CCc1cnc(-n2nc(OC(C)C)c(Cc3ccc(OC)cc3)c2C)nc1. The molecule has 0 atom stereocenters. The van der Waals surface area contributed by atoms with E-state index in [0.717, 1.165) is 34.6 Å². The van der Waals surface area contributed by atoms with E-state index in [4.69, 9.17) is 9.47 Å². The van der Waals surface area contributed by atoms with Crippen molar-refractivity contribution in [1.29, 1.82) is 0 Å². The van der Waals surface area contributed by atoms with Crippen LogP contribution in [0.4, 0.5) is 0 Å². The average Bonchev–Trinajstić information content (AvgIpc) is 2.97. The molecule has 3 rings (SSSR count). The smallest absolute Gasteiger partial charge is 0.250 e. The summed E-state index contributed by atoms with van der Waals surface area (Å²) in [5.74, 6) is 2.02. The predicted molar refractivity (Wildman–Crippen MR) is 105 cm³/mol. The summed E-state index contributed by atoms with van der Waals surface area (Å²) in [5.41, 5.74) is 4.28. The van der Waals surface area contributed by atoms with Crippen LogP contribution >= 0.6 is 0 Å². The summed E-state index contributed by atoms with van der Waals surface area (Å²) >= 11 is 0. The fraction of sp³-hybridized carbons (Fsp3) is 0.381. The maximum absolute atomic E-state index is 5.98. The van der Waals surface area contributed by atoms with Crippen molar-refractivity contribution >= 4 is 0 Å². The molecule has 1 aromatic carbocycles. The van der Waals surface area contributed by atoms with E-state index in [9.17, 15) is 0 Å². The lowest BCUT2D eigenvalue weighted by atomic mass is 10.1. The minimum atomic E-state index is 0.0331. The van der Waals surface area contributed by atoms with Gasteiger partial charge in [0, 0.05) is 24.4 Å². The Balaban J connectivity index is 1.98. The van der Waals surface area contributed by atoms with Crippen LogP contribution in [-0.2, 0) is 12.8 Å². The molecule has 6 nitrogen and oxygen atoms in total. The molecule has 0 bridgehead atoms. The molecule has 3 aromatic rings. The Labute approximate surface area is 160 Å². The first-order valence-electron chi connectivity index (χ1n) is 9.21. The Morgan fingerprint density at radius 1 is 1.04 bits per heavy atom. The average molecular weight is 366 g/mol. The molecule has 0 aliphatic heterocycles. The molecule has 142 valence electrons. The topological polar surface area (TPSA) is 62.1 Å². The third-order valence-corrected chi connectivity index (χ3v) is 4.38. The van der Waals surface area contributed by atoms with Gasteiger partial charge in [0.05, 0.1) is 18.9 Å². The number of nitrogens with zero attached hydrogens (tertiary/aromatic N) is 4. The largest absolute Gasteiger partial charge is 0.497 e. The first-order valence-corrected chi connectivity index (χ1v) is 9.21. The second kappa shape index (κ2) is 8.20. The van der Waals surface area contributed by atoms with Crippen molar-refractivity contribution in [2.75, 3.05) is 7.11 Å². The van der Waals surface area contributed by atoms with Crippen LogP contribution in [0.25, 0.3) is 5.95 Å². The molecular weight excluding hydrogens is 340 g/mol. The molecule has 0 saturated carbocycles. The molecule has 0 N–H and O–H groups in total. The van der Waals surface area contributed by atoms with Gasteiger partial charge >= 0.3 is 0 Å². The van der Waals surface area contributed by atoms with Crippen molar-refractivity contribution in [3.05, 3.63) is 59.0 Å². The van der Waals surface area contributed by atoms with E-state index in [1.54, 1.807) is 11.8 Å². The molecule has 0 amide bonds. The molecule has 0 aliphatic rings. The highest BCUT2D eigenvalue weighted by Crippen LogP contribution is 2.27. The summed E-state index contributed by atoms with van der Waals surface area (Å²) in [5, 5.41) is 4.65. The van der Waals surface area contributed by atoms with Crippen LogP contribution in [0.15, 0.2) is 36.7 Å². The second-order valence-electron chi connectivity index (χ2n) is 6.72. The van der Waals surface area contributed by atoms with E-state index in [0.29, 0.717) is 18.2 Å². The Hall–Kier alpha value is -2.89. The molecular formula is C21H26N4O2. The molecule has 2 aromatic heterocycles. The van der Waals surface area contributed by atoms with Crippen molar-refractivity contribution in [2.24, 2.45) is 0 Å². The molecule has 27 heavy (non-hydrogen) atoms. The molecule has 0 spiro atoms. The summed E-state index contributed by atoms with van der Waals surface area (Å²) in [7, 11) is 1.67. The van der Waals surface area contributed by atoms with Gasteiger partial charge in [-0.1, -0.05) is 19.1 Å². The monoisotopic (exact) mass is 366 g/mol. The summed E-state index contributed by atoms with van der Waals surface area (Å²) in [6, 6.07) is 8.04. The highest BCUT2D eigenvalue weighted by Gasteiger charge is 2.19.